The first-order chi connectivity index (χ1) is 11.9. The van der Waals surface area contributed by atoms with Crippen LogP contribution in [0.15, 0.2) is 44.4 Å². The lowest BCUT2D eigenvalue weighted by molar-refractivity contribution is 0.00319. The summed E-state index contributed by atoms with van der Waals surface area (Å²) in [6, 6.07) is 9.38. The second-order valence-electron chi connectivity index (χ2n) is 5.78. The lowest BCUT2D eigenvalue weighted by atomic mass is 9.86. The van der Waals surface area contributed by atoms with Crippen molar-refractivity contribution in [2.75, 3.05) is 11.3 Å². The minimum absolute atomic E-state index is 0.214. The highest BCUT2D eigenvalue weighted by Gasteiger charge is 2.19. The number of benzene rings is 1. The fraction of sp³-hybridized carbons (Fsp3) is 0.312. The molecule has 1 aromatic heterocycles. The average Bonchev–Trinajstić information content (AvgIpc) is 2.97. The van der Waals surface area contributed by atoms with E-state index < -0.39 is 10.0 Å². The molecule has 0 aliphatic heterocycles. The first-order valence-electron chi connectivity index (χ1n) is 7.74. The third-order valence-corrected chi connectivity index (χ3v) is 7.42. The predicted octanol–water partition coefficient (Wildman–Crippen LogP) is 3.77. The smallest absolute Gasteiger partial charge is 0.274 e. The van der Waals surface area contributed by atoms with E-state index in [2.05, 4.69) is 26.1 Å². The Bertz CT molecular complexity index is 845. The lowest BCUT2D eigenvalue weighted by Gasteiger charge is -2.24. The van der Waals surface area contributed by atoms with Crippen LogP contribution in [0.25, 0.3) is 0 Å². The van der Waals surface area contributed by atoms with E-state index in [1.54, 1.807) is 30.3 Å². The summed E-state index contributed by atoms with van der Waals surface area (Å²) in [5.41, 5.74) is 3.20. The number of halogens is 1. The van der Waals surface area contributed by atoms with Crippen LogP contribution in [0.4, 0.5) is 5.69 Å². The molecule has 134 valence electrons. The van der Waals surface area contributed by atoms with Crippen LogP contribution < -0.4 is 10.2 Å². The molecule has 0 saturated heterocycles. The van der Waals surface area contributed by atoms with Crippen LogP contribution >= 0.6 is 27.3 Å². The zero-order chi connectivity index (χ0) is 17.9. The van der Waals surface area contributed by atoms with Gasteiger partial charge in [0.25, 0.3) is 15.9 Å². The predicted molar refractivity (Wildman–Crippen MR) is 100 cm³/mol. The minimum atomic E-state index is -3.63. The second kappa shape index (κ2) is 7.86. The van der Waals surface area contributed by atoms with Crippen LogP contribution in [-0.4, -0.2) is 20.9 Å². The third-order valence-electron chi connectivity index (χ3n) is 3.92. The van der Waals surface area contributed by atoms with Gasteiger partial charge < -0.3 is 0 Å². The topological polar surface area (TPSA) is 84.5 Å². The fourth-order valence-electron chi connectivity index (χ4n) is 2.28. The molecule has 0 atom stereocenters. The van der Waals surface area contributed by atoms with Crippen molar-refractivity contribution < 1.29 is 18.0 Å². The van der Waals surface area contributed by atoms with E-state index in [1.807, 2.05) is 0 Å². The van der Waals surface area contributed by atoms with Gasteiger partial charge >= 0.3 is 0 Å². The van der Waals surface area contributed by atoms with Gasteiger partial charge in [0.15, 0.2) is 0 Å². The van der Waals surface area contributed by atoms with Crippen LogP contribution in [0.1, 0.15) is 29.6 Å². The number of nitrogens with one attached hydrogen (secondary N) is 2. The number of hydrogen-bond donors (Lipinski definition) is 2. The van der Waals surface area contributed by atoms with Gasteiger partial charge in [0, 0.05) is 11.3 Å². The number of anilines is 1. The normalized spacial score (nSPS) is 14.8. The Morgan fingerprint density at radius 1 is 1.20 bits per heavy atom. The first kappa shape index (κ1) is 18.4. The molecule has 1 aliphatic rings. The summed E-state index contributed by atoms with van der Waals surface area (Å²) in [5.74, 6) is 0.185. The number of carbonyl (C=O) groups excluding carboxylic acids is 1. The zero-order valence-electron chi connectivity index (χ0n) is 13.2. The van der Waals surface area contributed by atoms with Crippen LogP contribution in [0.2, 0.25) is 0 Å². The van der Waals surface area contributed by atoms with E-state index in [4.69, 9.17) is 4.84 Å². The Kier molecular flexibility index (Phi) is 5.78. The van der Waals surface area contributed by atoms with Crippen molar-refractivity contribution in [2.24, 2.45) is 5.92 Å². The molecule has 1 amide bonds. The van der Waals surface area contributed by atoms with Crippen molar-refractivity contribution in [1.29, 1.82) is 0 Å². The van der Waals surface area contributed by atoms with Crippen LogP contribution in [0.5, 0.6) is 0 Å². The van der Waals surface area contributed by atoms with E-state index in [0.29, 0.717) is 23.8 Å². The number of amides is 1. The van der Waals surface area contributed by atoms with Crippen LogP contribution in [0, 0.1) is 5.92 Å². The SMILES string of the molecule is O=C(NOCC1CCC1)c1ccc(NS(=O)(=O)c2ccc(Br)s2)cc1. The Hall–Kier alpha value is -1.42. The van der Waals surface area contributed by atoms with E-state index in [9.17, 15) is 13.2 Å². The average molecular weight is 445 g/mol. The van der Waals surface area contributed by atoms with Gasteiger partial charge in [0.05, 0.1) is 10.4 Å². The molecule has 1 aromatic carbocycles. The molecule has 0 spiro atoms. The van der Waals surface area contributed by atoms with Gasteiger partial charge in [-0.25, -0.2) is 13.9 Å². The highest BCUT2D eigenvalue weighted by molar-refractivity contribution is 9.11. The number of thiophene rings is 1. The quantitative estimate of drug-likeness (QED) is 0.636. The van der Waals surface area contributed by atoms with E-state index in [-0.39, 0.29) is 10.1 Å². The number of sulfonamides is 1. The van der Waals surface area contributed by atoms with E-state index >= 15 is 0 Å². The number of rotatable bonds is 7. The maximum atomic E-state index is 12.3. The molecule has 1 aliphatic carbocycles. The van der Waals surface area contributed by atoms with Gasteiger partial charge in [0.1, 0.15) is 4.21 Å². The lowest BCUT2D eigenvalue weighted by Crippen LogP contribution is -2.28. The summed E-state index contributed by atoms with van der Waals surface area (Å²) in [4.78, 5) is 17.2. The van der Waals surface area contributed by atoms with Crippen LogP contribution in [0.3, 0.4) is 0 Å². The van der Waals surface area contributed by atoms with Crippen molar-refractivity contribution in [3.05, 3.63) is 45.7 Å². The molecule has 3 rings (SSSR count). The summed E-state index contributed by atoms with van der Waals surface area (Å²) in [6.07, 6.45) is 3.51. The standard InChI is InChI=1S/C16H17BrN2O4S2/c17-14-8-9-15(24-14)25(21,22)19-13-6-4-12(5-7-13)16(20)18-23-10-11-2-1-3-11/h4-9,11,19H,1-3,10H2,(H,18,20). The molecule has 0 unspecified atom stereocenters. The summed E-state index contributed by atoms with van der Waals surface area (Å²) in [7, 11) is -3.63. The van der Waals surface area contributed by atoms with Crippen molar-refractivity contribution in [3.63, 3.8) is 0 Å². The van der Waals surface area contributed by atoms with Crippen molar-refractivity contribution in [3.8, 4) is 0 Å². The summed E-state index contributed by atoms with van der Waals surface area (Å²) in [6.45, 7) is 0.528. The summed E-state index contributed by atoms with van der Waals surface area (Å²) < 4.78 is 27.9. The minimum Gasteiger partial charge on any atom is -0.279 e. The number of carbonyl (C=O) groups is 1. The Morgan fingerprint density at radius 2 is 1.92 bits per heavy atom. The van der Waals surface area contributed by atoms with Gasteiger partial charge in [-0.2, -0.15) is 0 Å². The van der Waals surface area contributed by atoms with Gasteiger partial charge in [-0.3, -0.25) is 14.4 Å². The monoisotopic (exact) mass is 444 g/mol. The molecular formula is C16H17BrN2O4S2. The molecule has 25 heavy (non-hydrogen) atoms. The number of hydroxylamine groups is 1. The summed E-state index contributed by atoms with van der Waals surface area (Å²) >= 11 is 4.37. The van der Waals surface area contributed by atoms with E-state index in [0.717, 1.165) is 28.0 Å². The molecule has 2 N–H and O–H groups in total. The Morgan fingerprint density at radius 3 is 2.48 bits per heavy atom. The molecular weight excluding hydrogens is 428 g/mol. The molecule has 0 radical (unpaired) electrons. The summed E-state index contributed by atoms with van der Waals surface area (Å²) in [5, 5.41) is 0. The third kappa shape index (κ3) is 4.81. The largest absolute Gasteiger partial charge is 0.279 e. The number of hydrogen-bond acceptors (Lipinski definition) is 5. The Balaban J connectivity index is 1.56. The highest BCUT2D eigenvalue weighted by atomic mass is 79.9. The van der Waals surface area contributed by atoms with Gasteiger partial charge in [-0.15, -0.1) is 11.3 Å². The van der Waals surface area contributed by atoms with Gasteiger partial charge in [-0.1, -0.05) is 6.42 Å². The maximum Gasteiger partial charge on any atom is 0.274 e. The van der Waals surface area contributed by atoms with E-state index in [1.165, 1.54) is 12.5 Å². The molecule has 6 nitrogen and oxygen atoms in total. The molecule has 9 heteroatoms. The van der Waals surface area contributed by atoms with Crippen molar-refractivity contribution in [2.45, 2.75) is 23.5 Å². The fourth-order valence-corrected chi connectivity index (χ4v) is 5.35. The van der Waals surface area contributed by atoms with Crippen molar-refractivity contribution >= 4 is 48.9 Å². The van der Waals surface area contributed by atoms with Gasteiger partial charge in [0.2, 0.25) is 0 Å². The Labute approximate surface area is 158 Å². The molecule has 2 aromatic rings. The highest BCUT2D eigenvalue weighted by Crippen LogP contribution is 2.28. The maximum absolute atomic E-state index is 12.3. The first-order valence-corrected chi connectivity index (χ1v) is 10.8. The molecule has 1 saturated carbocycles. The van der Waals surface area contributed by atoms with Crippen molar-refractivity contribution in [1.82, 2.24) is 5.48 Å². The molecule has 1 fully saturated rings. The molecule has 0 bridgehead atoms. The molecule has 1 heterocycles. The van der Waals surface area contributed by atoms with Crippen LogP contribution in [-0.2, 0) is 14.9 Å². The van der Waals surface area contributed by atoms with Gasteiger partial charge in [-0.05, 0) is 71.1 Å². The second-order valence-corrected chi connectivity index (χ2v) is 10.2. The zero-order valence-corrected chi connectivity index (χ0v) is 16.4.